The Balaban J connectivity index is 1.84. The second-order valence-corrected chi connectivity index (χ2v) is 4.71. The highest BCUT2D eigenvalue weighted by Crippen LogP contribution is 2.28. The molecule has 112 valence electrons. The zero-order chi connectivity index (χ0) is 15.1. The van der Waals surface area contributed by atoms with Crippen LogP contribution in [0.25, 0.3) is 0 Å². The molecule has 5 heteroatoms. The van der Waals surface area contributed by atoms with Crippen LogP contribution in [0.5, 0.6) is 17.2 Å². The van der Waals surface area contributed by atoms with Gasteiger partial charge in [0.1, 0.15) is 30.5 Å². The van der Waals surface area contributed by atoms with E-state index in [0.29, 0.717) is 30.5 Å². The molecule has 21 heavy (non-hydrogen) atoms. The molecule has 0 saturated carbocycles. The molecule has 0 amide bonds. The Kier molecular flexibility index (Phi) is 5.72. The minimum atomic E-state index is 0.384. The van der Waals surface area contributed by atoms with Crippen LogP contribution in [-0.4, -0.2) is 20.3 Å². The summed E-state index contributed by atoms with van der Waals surface area (Å²) in [5.41, 5.74) is 6.54. The van der Waals surface area contributed by atoms with Crippen molar-refractivity contribution in [1.82, 2.24) is 0 Å². The molecule has 0 aliphatic carbocycles. The van der Waals surface area contributed by atoms with E-state index in [0.717, 1.165) is 17.1 Å². The van der Waals surface area contributed by atoms with Gasteiger partial charge in [-0.15, -0.1) is 0 Å². The van der Waals surface area contributed by atoms with Gasteiger partial charge in [0.25, 0.3) is 0 Å². The molecule has 2 rings (SSSR count). The molecule has 0 atom stereocenters. The second-order valence-electron chi connectivity index (χ2n) is 4.30. The fraction of sp³-hybridized carbons (Fsp3) is 0.250. The summed E-state index contributed by atoms with van der Waals surface area (Å²) in [6.45, 7) is 1.19. The van der Waals surface area contributed by atoms with Crippen LogP contribution >= 0.6 is 11.6 Å². The lowest BCUT2D eigenvalue weighted by atomic mass is 10.2. The highest BCUT2D eigenvalue weighted by Gasteiger charge is 2.07. The van der Waals surface area contributed by atoms with Crippen LogP contribution in [-0.2, 0) is 6.54 Å². The zero-order valence-corrected chi connectivity index (χ0v) is 12.6. The fourth-order valence-electron chi connectivity index (χ4n) is 1.85. The average molecular weight is 308 g/mol. The van der Waals surface area contributed by atoms with Crippen molar-refractivity contribution in [2.24, 2.45) is 5.73 Å². The van der Waals surface area contributed by atoms with Crippen molar-refractivity contribution in [2.75, 3.05) is 20.3 Å². The molecule has 0 spiro atoms. The zero-order valence-electron chi connectivity index (χ0n) is 11.8. The van der Waals surface area contributed by atoms with Crippen molar-refractivity contribution < 1.29 is 14.2 Å². The lowest BCUT2D eigenvalue weighted by molar-refractivity contribution is 0.216. The molecule has 2 aromatic carbocycles. The molecular weight excluding hydrogens is 290 g/mol. The molecule has 0 fully saturated rings. The van der Waals surface area contributed by atoms with Crippen LogP contribution in [0.2, 0.25) is 5.02 Å². The predicted octanol–water partition coefficient (Wildman–Crippen LogP) is 3.27. The molecule has 0 heterocycles. The molecule has 0 bridgehead atoms. The summed E-state index contributed by atoms with van der Waals surface area (Å²) in [4.78, 5) is 0. The van der Waals surface area contributed by atoms with Crippen LogP contribution in [0, 0.1) is 0 Å². The largest absolute Gasteiger partial charge is 0.497 e. The third kappa shape index (κ3) is 4.28. The molecule has 2 N–H and O–H groups in total. The lowest BCUT2D eigenvalue weighted by Crippen LogP contribution is -2.11. The van der Waals surface area contributed by atoms with Crippen molar-refractivity contribution >= 4 is 11.6 Å². The Morgan fingerprint density at radius 1 is 0.952 bits per heavy atom. The number of ether oxygens (including phenoxy) is 3. The number of methoxy groups -OCH3 is 1. The maximum atomic E-state index is 6.10. The van der Waals surface area contributed by atoms with Crippen molar-refractivity contribution in [3.05, 3.63) is 53.1 Å². The first-order chi connectivity index (χ1) is 10.2. The summed E-state index contributed by atoms with van der Waals surface area (Å²) < 4.78 is 16.3. The molecule has 0 unspecified atom stereocenters. The number of halogens is 1. The Labute approximate surface area is 129 Å². The molecule has 2 aromatic rings. The van der Waals surface area contributed by atoms with Crippen molar-refractivity contribution in [3.8, 4) is 17.2 Å². The highest BCUT2D eigenvalue weighted by atomic mass is 35.5. The van der Waals surface area contributed by atoms with Gasteiger partial charge in [0, 0.05) is 12.1 Å². The van der Waals surface area contributed by atoms with Gasteiger partial charge in [-0.2, -0.15) is 0 Å². The SMILES string of the molecule is COc1ccc(OCCOc2c(Cl)cccc2CN)cc1. The normalized spacial score (nSPS) is 10.2. The molecule has 4 nitrogen and oxygen atoms in total. The Hall–Kier alpha value is -1.91. The number of rotatable bonds is 7. The van der Waals surface area contributed by atoms with E-state index in [-0.39, 0.29) is 0 Å². The van der Waals surface area contributed by atoms with Gasteiger partial charge in [0.15, 0.2) is 0 Å². The monoisotopic (exact) mass is 307 g/mol. The first-order valence-corrected chi connectivity index (χ1v) is 6.99. The third-order valence-electron chi connectivity index (χ3n) is 2.93. The fourth-order valence-corrected chi connectivity index (χ4v) is 2.10. The van der Waals surface area contributed by atoms with Gasteiger partial charge in [-0.25, -0.2) is 0 Å². The Morgan fingerprint density at radius 3 is 2.29 bits per heavy atom. The predicted molar refractivity (Wildman–Crippen MR) is 83.3 cm³/mol. The van der Waals surface area contributed by atoms with Crippen LogP contribution in [0.4, 0.5) is 0 Å². The summed E-state index contributed by atoms with van der Waals surface area (Å²) in [6.07, 6.45) is 0. The number of hydrogen-bond acceptors (Lipinski definition) is 4. The van der Waals surface area contributed by atoms with Gasteiger partial charge in [0.05, 0.1) is 12.1 Å². The van der Waals surface area contributed by atoms with Crippen LogP contribution in [0.1, 0.15) is 5.56 Å². The van der Waals surface area contributed by atoms with E-state index >= 15 is 0 Å². The average Bonchev–Trinajstić information content (AvgIpc) is 2.53. The molecule has 0 saturated heterocycles. The van der Waals surface area contributed by atoms with Gasteiger partial charge in [-0.1, -0.05) is 23.7 Å². The van der Waals surface area contributed by atoms with E-state index in [9.17, 15) is 0 Å². The van der Waals surface area contributed by atoms with Gasteiger partial charge in [-0.3, -0.25) is 0 Å². The van der Waals surface area contributed by atoms with E-state index in [1.54, 1.807) is 13.2 Å². The Morgan fingerprint density at radius 2 is 1.62 bits per heavy atom. The van der Waals surface area contributed by atoms with Crippen molar-refractivity contribution in [3.63, 3.8) is 0 Å². The van der Waals surface area contributed by atoms with E-state index in [1.807, 2.05) is 36.4 Å². The standard InChI is InChI=1S/C16H18ClNO3/c1-19-13-5-7-14(8-6-13)20-9-10-21-16-12(11-18)3-2-4-15(16)17/h2-8H,9-11,18H2,1H3. The first kappa shape index (κ1) is 15.5. The van der Waals surface area contributed by atoms with Gasteiger partial charge in [-0.05, 0) is 30.3 Å². The second kappa shape index (κ2) is 7.76. The summed E-state index contributed by atoms with van der Waals surface area (Å²) in [5.74, 6) is 2.18. The summed E-state index contributed by atoms with van der Waals surface area (Å²) in [5, 5.41) is 0.558. The van der Waals surface area contributed by atoms with Gasteiger partial charge < -0.3 is 19.9 Å². The summed E-state index contributed by atoms with van der Waals surface area (Å²) >= 11 is 6.10. The minimum Gasteiger partial charge on any atom is -0.497 e. The van der Waals surface area contributed by atoms with Crippen LogP contribution in [0.15, 0.2) is 42.5 Å². The summed E-state index contributed by atoms with van der Waals surface area (Å²) in [6, 6.07) is 12.9. The maximum Gasteiger partial charge on any atom is 0.142 e. The van der Waals surface area contributed by atoms with Gasteiger partial charge in [0.2, 0.25) is 0 Å². The van der Waals surface area contributed by atoms with E-state index in [1.165, 1.54) is 0 Å². The van der Waals surface area contributed by atoms with Crippen LogP contribution < -0.4 is 19.9 Å². The quantitative estimate of drug-likeness (QED) is 0.798. The van der Waals surface area contributed by atoms with Crippen molar-refractivity contribution in [1.29, 1.82) is 0 Å². The van der Waals surface area contributed by atoms with Gasteiger partial charge >= 0.3 is 0 Å². The smallest absolute Gasteiger partial charge is 0.142 e. The Bertz CT molecular complexity index is 572. The summed E-state index contributed by atoms with van der Waals surface area (Å²) in [7, 11) is 1.63. The molecule has 0 aromatic heterocycles. The minimum absolute atomic E-state index is 0.384. The molecule has 0 aliphatic heterocycles. The van der Waals surface area contributed by atoms with E-state index in [4.69, 9.17) is 31.5 Å². The van der Waals surface area contributed by atoms with E-state index in [2.05, 4.69) is 0 Å². The maximum absolute atomic E-state index is 6.10. The molecule has 0 aliphatic rings. The number of hydrogen-bond donors (Lipinski definition) is 1. The lowest BCUT2D eigenvalue weighted by Gasteiger charge is -2.12. The van der Waals surface area contributed by atoms with Crippen LogP contribution in [0.3, 0.4) is 0 Å². The van der Waals surface area contributed by atoms with Crippen molar-refractivity contribution in [2.45, 2.75) is 6.54 Å². The molecular formula is C16H18ClNO3. The highest BCUT2D eigenvalue weighted by molar-refractivity contribution is 6.32. The molecule has 0 radical (unpaired) electrons. The first-order valence-electron chi connectivity index (χ1n) is 6.61. The number of nitrogens with two attached hydrogens (primary N) is 1. The van der Waals surface area contributed by atoms with E-state index < -0.39 is 0 Å². The third-order valence-corrected chi connectivity index (χ3v) is 3.22. The number of para-hydroxylation sites is 1. The number of benzene rings is 2. The topological polar surface area (TPSA) is 53.7 Å².